The monoisotopic (exact) mass is 430 g/mol. The number of aryl methyl sites for hydroxylation is 1. The summed E-state index contributed by atoms with van der Waals surface area (Å²) in [5, 5.41) is 2.14. The second kappa shape index (κ2) is 8.39. The summed E-state index contributed by atoms with van der Waals surface area (Å²) in [6.07, 6.45) is -6.85. The van der Waals surface area contributed by atoms with Crippen LogP contribution in [0.1, 0.15) is 30.4 Å². The van der Waals surface area contributed by atoms with Crippen LogP contribution in [0.25, 0.3) is 0 Å². The molecule has 148 valence electrons. The van der Waals surface area contributed by atoms with Crippen LogP contribution in [0.2, 0.25) is 10.0 Å². The normalized spacial score (nSPS) is 13.0. The number of anilines is 1. The predicted octanol–water partition coefficient (Wildman–Crippen LogP) is 5.32. The molecule has 2 aromatic heterocycles. The van der Waals surface area contributed by atoms with Crippen molar-refractivity contribution in [3.8, 4) is 5.88 Å². The smallest absolute Gasteiger partial charge is 0.417 e. The van der Waals surface area contributed by atoms with Crippen molar-refractivity contribution in [2.75, 3.05) is 11.9 Å². The Hall–Kier alpha value is -1.94. The summed E-state index contributed by atoms with van der Waals surface area (Å²) < 4.78 is 68.9. The van der Waals surface area contributed by atoms with E-state index >= 15 is 0 Å². The fourth-order valence-electron chi connectivity index (χ4n) is 1.99. The summed E-state index contributed by atoms with van der Waals surface area (Å²) in [6.45, 7) is 2.95. The van der Waals surface area contributed by atoms with Crippen LogP contribution in [0.4, 0.5) is 27.8 Å². The Bertz CT molecular complexity index is 820. The molecule has 0 spiro atoms. The van der Waals surface area contributed by atoms with Gasteiger partial charge in [-0.25, -0.2) is 23.7 Å². The molecule has 2 heterocycles. The number of hydrogen-bond acceptors (Lipinski definition) is 5. The number of halogens is 7. The van der Waals surface area contributed by atoms with Crippen LogP contribution in [0, 0.1) is 6.92 Å². The topological polar surface area (TPSA) is 59.9 Å². The highest BCUT2D eigenvalue weighted by Gasteiger charge is 2.31. The number of nitrogens with one attached hydrogen (secondary N) is 1. The molecule has 0 aromatic carbocycles. The second-order valence-corrected chi connectivity index (χ2v) is 6.27. The van der Waals surface area contributed by atoms with E-state index in [9.17, 15) is 22.0 Å². The molecule has 0 bridgehead atoms. The molecule has 0 saturated carbocycles. The van der Waals surface area contributed by atoms with Gasteiger partial charge in [-0.3, -0.25) is 0 Å². The predicted molar refractivity (Wildman–Crippen MR) is 89.6 cm³/mol. The summed E-state index contributed by atoms with van der Waals surface area (Å²) in [5.74, 6) is -0.114. The van der Waals surface area contributed by atoms with Gasteiger partial charge in [0.15, 0.2) is 0 Å². The molecule has 2 rings (SSSR count). The third-order valence-electron chi connectivity index (χ3n) is 3.18. The van der Waals surface area contributed by atoms with Gasteiger partial charge in [-0.05, 0) is 19.9 Å². The maximum atomic E-state index is 12.9. The average Bonchev–Trinajstić information content (AvgIpc) is 2.55. The first-order chi connectivity index (χ1) is 12.5. The Morgan fingerprint density at radius 3 is 2.44 bits per heavy atom. The van der Waals surface area contributed by atoms with Crippen molar-refractivity contribution in [3.05, 3.63) is 39.4 Å². The standard InChI is InChI=1S/C15H13Cl2F5N4O/c1-6(24-13-10(17)11(12(18)19)25-7(2)26-13)5-27-14-9(16)3-8(4-23-14)15(20,21)22/h3-4,6,12H,5H2,1-2H3,(H,24,25,26). The fraction of sp³-hybridized carbons (Fsp3) is 0.400. The molecule has 12 heteroatoms. The fourth-order valence-corrected chi connectivity index (χ4v) is 2.43. The van der Waals surface area contributed by atoms with Crippen molar-refractivity contribution in [1.29, 1.82) is 0 Å². The summed E-state index contributed by atoms with van der Waals surface area (Å²) in [5.41, 5.74) is -1.61. The van der Waals surface area contributed by atoms with Gasteiger partial charge in [0, 0.05) is 6.20 Å². The zero-order valence-corrected chi connectivity index (χ0v) is 15.4. The Morgan fingerprint density at radius 2 is 1.89 bits per heavy atom. The van der Waals surface area contributed by atoms with E-state index in [1.165, 1.54) is 6.92 Å². The van der Waals surface area contributed by atoms with Gasteiger partial charge in [0.2, 0.25) is 5.88 Å². The van der Waals surface area contributed by atoms with Crippen molar-refractivity contribution in [1.82, 2.24) is 15.0 Å². The van der Waals surface area contributed by atoms with E-state index < -0.39 is 29.9 Å². The maximum absolute atomic E-state index is 12.9. The van der Waals surface area contributed by atoms with Crippen molar-refractivity contribution >= 4 is 29.0 Å². The third kappa shape index (κ3) is 5.52. The van der Waals surface area contributed by atoms with Gasteiger partial charge >= 0.3 is 6.18 Å². The summed E-state index contributed by atoms with van der Waals surface area (Å²) in [7, 11) is 0. The van der Waals surface area contributed by atoms with E-state index in [1.54, 1.807) is 6.92 Å². The lowest BCUT2D eigenvalue weighted by molar-refractivity contribution is -0.137. The number of rotatable bonds is 6. The van der Waals surface area contributed by atoms with Crippen molar-refractivity contribution < 1.29 is 26.7 Å². The number of alkyl halides is 5. The number of pyridine rings is 1. The molecule has 0 aliphatic heterocycles. The molecule has 0 aliphatic rings. The average molecular weight is 431 g/mol. The van der Waals surface area contributed by atoms with Crippen LogP contribution in [0.15, 0.2) is 12.3 Å². The number of hydrogen-bond donors (Lipinski definition) is 1. The van der Waals surface area contributed by atoms with Gasteiger partial charge < -0.3 is 10.1 Å². The molecule has 1 unspecified atom stereocenters. The largest absolute Gasteiger partial charge is 0.474 e. The highest BCUT2D eigenvalue weighted by atomic mass is 35.5. The van der Waals surface area contributed by atoms with E-state index in [-0.39, 0.29) is 34.2 Å². The summed E-state index contributed by atoms with van der Waals surface area (Å²) >= 11 is 11.6. The molecule has 27 heavy (non-hydrogen) atoms. The minimum absolute atomic E-state index is 0.0120. The first-order valence-electron chi connectivity index (χ1n) is 7.43. The van der Waals surface area contributed by atoms with Crippen molar-refractivity contribution in [2.45, 2.75) is 32.5 Å². The molecule has 1 atom stereocenters. The second-order valence-electron chi connectivity index (χ2n) is 5.48. The Kier molecular flexibility index (Phi) is 6.63. The van der Waals surface area contributed by atoms with E-state index in [1.807, 2.05) is 0 Å². The van der Waals surface area contributed by atoms with E-state index in [2.05, 4.69) is 20.3 Å². The lowest BCUT2D eigenvalue weighted by atomic mass is 10.3. The molecule has 0 radical (unpaired) electrons. The van der Waals surface area contributed by atoms with Gasteiger partial charge in [-0.2, -0.15) is 13.2 Å². The van der Waals surface area contributed by atoms with Crippen LogP contribution in [-0.2, 0) is 6.18 Å². The Morgan fingerprint density at radius 1 is 1.22 bits per heavy atom. The molecule has 1 N–H and O–H groups in total. The van der Waals surface area contributed by atoms with Gasteiger partial charge in [0.05, 0.1) is 11.6 Å². The third-order valence-corrected chi connectivity index (χ3v) is 3.83. The van der Waals surface area contributed by atoms with Crippen molar-refractivity contribution in [2.24, 2.45) is 0 Å². The van der Waals surface area contributed by atoms with Crippen LogP contribution in [-0.4, -0.2) is 27.6 Å². The van der Waals surface area contributed by atoms with E-state index in [4.69, 9.17) is 27.9 Å². The van der Waals surface area contributed by atoms with Crippen LogP contribution >= 0.6 is 23.2 Å². The number of ether oxygens (including phenoxy) is 1. The molecule has 0 aliphatic carbocycles. The zero-order valence-electron chi connectivity index (χ0n) is 13.9. The minimum atomic E-state index is -4.58. The van der Waals surface area contributed by atoms with Gasteiger partial charge in [-0.15, -0.1) is 0 Å². The zero-order chi connectivity index (χ0) is 20.4. The minimum Gasteiger partial charge on any atom is -0.474 e. The summed E-state index contributed by atoms with van der Waals surface area (Å²) in [4.78, 5) is 11.1. The van der Waals surface area contributed by atoms with Gasteiger partial charge in [0.25, 0.3) is 6.43 Å². The molecule has 2 aromatic rings. The SMILES string of the molecule is Cc1nc(NC(C)COc2ncc(C(F)(F)F)cc2Cl)c(Cl)c(C(F)F)n1. The first-order valence-corrected chi connectivity index (χ1v) is 8.19. The molecular weight excluding hydrogens is 418 g/mol. The Balaban J connectivity index is 2.06. The first kappa shape index (κ1) is 21.4. The quantitative estimate of drug-likeness (QED) is 0.628. The van der Waals surface area contributed by atoms with Crippen molar-refractivity contribution in [3.63, 3.8) is 0 Å². The summed E-state index contributed by atoms with van der Waals surface area (Å²) in [6, 6.07) is 0.184. The van der Waals surface area contributed by atoms with Crippen LogP contribution in [0.3, 0.4) is 0 Å². The molecule has 0 saturated heterocycles. The molecule has 5 nitrogen and oxygen atoms in total. The maximum Gasteiger partial charge on any atom is 0.417 e. The molecule has 0 fully saturated rings. The number of aromatic nitrogens is 3. The van der Waals surface area contributed by atoms with Crippen LogP contribution in [0.5, 0.6) is 5.88 Å². The lowest BCUT2D eigenvalue weighted by Crippen LogP contribution is -2.25. The highest BCUT2D eigenvalue weighted by molar-refractivity contribution is 6.33. The number of nitrogens with zero attached hydrogens (tertiary/aromatic N) is 3. The molecule has 0 amide bonds. The van der Waals surface area contributed by atoms with Gasteiger partial charge in [-0.1, -0.05) is 23.2 Å². The molecular formula is C15H13Cl2F5N4O. The van der Waals surface area contributed by atoms with Crippen LogP contribution < -0.4 is 10.1 Å². The van der Waals surface area contributed by atoms with Gasteiger partial charge in [0.1, 0.15) is 34.0 Å². The Labute approximate surface area is 160 Å². The van der Waals surface area contributed by atoms with E-state index in [0.29, 0.717) is 12.3 Å². The highest BCUT2D eigenvalue weighted by Crippen LogP contribution is 2.33. The lowest BCUT2D eigenvalue weighted by Gasteiger charge is -2.18. The van der Waals surface area contributed by atoms with E-state index in [0.717, 1.165) is 0 Å².